The monoisotopic (exact) mass is 377 g/mol. The zero-order chi connectivity index (χ0) is 13.7. The number of aromatic carboxylic acids is 1. The molecule has 5 nitrogen and oxygen atoms in total. The van der Waals surface area contributed by atoms with Gasteiger partial charge in [0.25, 0.3) is 0 Å². The van der Waals surface area contributed by atoms with Crippen molar-refractivity contribution in [2.45, 2.75) is 0 Å². The molecule has 1 aromatic rings. The van der Waals surface area contributed by atoms with Crippen LogP contribution in [-0.4, -0.2) is 23.8 Å². The molecular formula is C11H9Br2NO4. The Kier molecular flexibility index (Phi) is 5.36. The molecule has 1 aromatic carbocycles. The minimum absolute atomic E-state index is 0.0440. The van der Waals surface area contributed by atoms with Crippen molar-refractivity contribution < 1.29 is 19.4 Å². The Bertz CT molecular complexity index is 502. The molecule has 0 aliphatic heterocycles. The number of hydrogen-bond donors (Lipinski definition) is 2. The number of carbonyl (C=O) groups excluding carboxylic acids is 1. The van der Waals surface area contributed by atoms with Crippen molar-refractivity contribution in [1.82, 2.24) is 0 Å². The molecule has 0 saturated heterocycles. The van der Waals surface area contributed by atoms with Crippen LogP contribution in [0, 0.1) is 0 Å². The molecule has 0 fully saturated rings. The van der Waals surface area contributed by atoms with Crippen molar-refractivity contribution in [1.29, 1.82) is 0 Å². The van der Waals surface area contributed by atoms with Crippen LogP contribution >= 0.6 is 31.9 Å². The second-order valence-electron chi connectivity index (χ2n) is 3.13. The quantitative estimate of drug-likeness (QED) is 0.784. The molecule has 0 atom stereocenters. The molecule has 96 valence electrons. The summed E-state index contributed by atoms with van der Waals surface area (Å²) < 4.78 is 5.74. The first-order valence-electron chi connectivity index (χ1n) is 4.72. The molecule has 18 heavy (non-hydrogen) atoms. The van der Waals surface area contributed by atoms with Crippen molar-refractivity contribution in [2.75, 3.05) is 11.9 Å². The average Bonchev–Trinajstić information content (AvgIpc) is 2.29. The lowest BCUT2D eigenvalue weighted by Crippen LogP contribution is -2.16. The molecule has 0 radical (unpaired) electrons. The highest BCUT2D eigenvalue weighted by Crippen LogP contribution is 2.31. The van der Waals surface area contributed by atoms with Gasteiger partial charge in [0.2, 0.25) is 0 Å². The predicted molar refractivity (Wildman–Crippen MR) is 74.0 cm³/mol. The summed E-state index contributed by atoms with van der Waals surface area (Å²) in [5.74, 6) is -1.16. The van der Waals surface area contributed by atoms with E-state index in [1.807, 2.05) is 0 Å². The van der Waals surface area contributed by atoms with Crippen LogP contribution in [0.5, 0.6) is 0 Å². The number of carbonyl (C=O) groups is 2. The van der Waals surface area contributed by atoms with Gasteiger partial charge in [-0.05, 0) is 28.1 Å². The molecule has 2 N–H and O–H groups in total. The third-order valence-corrected chi connectivity index (χ3v) is 2.93. The zero-order valence-electron chi connectivity index (χ0n) is 9.07. The normalized spacial score (nSPS) is 9.67. The van der Waals surface area contributed by atoms with Crippen molar-refractivity contribution in [2.24, 2.45) is 0 Å². The average molecular weight is 379 g/mol. The summed E-state index contributed by atoms with van der Waals surface area (Å²) in [6.07, 6.45) is 0.661. The Hall–Kier alpha value is -1.34. The van der Waals surface area contributed by atoms with E-state index in [2.05, 4.69) is 43.8 Å². The summed E-state index contributed by atoms with van der Waals surface area (Å²) in [5, 5.41) is 11.4. The van der Waals surface area contributed by atoms with Gasteiger partial charge in [0, 0.05) is 8.95 Å². The van der Waals surface area contributed by atoms with E-state index < -0.39 is 12.1 Å². The van der Waals surface area contributed by atoms with Crippen molar-refractivity contribution >= 4 is 49.6 Å². The van der Waals surface area contributed by atoms with Crippen molar-refractivity contribution in [3.63, 3.8) is 0 Å². The van der Waals surface area contributed by atoms with Gasteiger partial charge in [-0.15, -0.1) is 0 Å². The summed E-state index contributed by atoms with van der Waals surface area (Å²) in [4.78, 5) is 22.4. The van der Waals surface area contributed by atoms with E-state index in [9.17, 15) is 9.59 Å². The number of halogens is 2. The minimum atomic E-state index is -1.16. The summed E-state index contributed by atoms with van der Waals surface area (Å²) in [6, 6.07) is 3.01. The first-order valence-corrected chi connectivity index (χ1v) is 6.31. The fourth-order valence-corrected chi connectivity index (χ4v) is 2.47. The Morgan fingerprint density at radius 1 is 1.44 bits per heavy atom. The van der Waals surface area contributed by atoms with Crippen LogP contribution in [0.1, 0.15) is 10.4 Å². The molecule has 0 saturated carbocycles. The standard InChI is InChI=1S/C11H9Br2NO4/c1-2-3-18-11(17)14-9-7(10(15)16)4-6(12)5-8(9)13/h2,4-5H,1,3H2,(H,14,17)(H,15,16). The molecule has 0 aliphatic rings. The lowest BCUT2D eigenvalue weighted by molar-refractivity contribution is 0.0698. The first-order chi connectivity index (χ1) is 8.45. The highest BCUT2D eigenvalue weighted by molar-refractivity contribution is 9.11. The Balaban J connectivity index is 3.03. The molecule has 0 unspecified atom stereocenters. The Labute approximate surface area is 120 Å². The highest BCUT2D eigenvalue weighted by atomic mass is 79.9. The number of carboxylic acid groups (broad SMARTS) is 1. The van der Waals surface area contributed by atoms with E-state index in [0.29, 0.717) is 8.95 Å². The van der Waals surface area contributed by atoms with E-state index in [1.54, 1.807) is 6.07 Å². The third-order valence-electron chi connectivity index (χ3n) is 1.84. The second-order valence-corrected chi connectivity index (χ2v) is 4.90. The molecule has 0 bridgehead atoms. The van der Waals surface area contributed by atoms with Gasteiger partial charge in [0.15, 0.2) is 0 Å². The Morgan fingerprint density at radius 2 is 2.11 bits per heavy atom. The second kappa shape index (κ2) is 6.55. The molecule has 0 heterocycles. The fraction of sp³-hybridized carbons (Fsp3) is 0.0909. The van der Waals surface area contributed by atoms with Crippen LogP contribution in [0.15, 0.2) is 33.7 Å². The van der Waals surface area contributed by atoms with Crippen LogP contribution in [0.4, 0.5) is 10.5 Å². The molecule has 1 rings (SSSR count). The number of hydrogen-bond acceptors (Lipinski definition) is 3. The van der Waals surface area contributed by atoms with Crippen molar-refractivity contribution in [3.8, 4) is 0 Å². The van der Waals surface area contributed by atoms with Gasteiger partial charge in [0.05, 0.1) is 11.3 Å². The summed E-state index contributed by atoms with van der Waals surface area (Å²) in [6.45, 7) is 3.44. The number of carboxylic acids is 1. The maximum atomic E-state index is 11.4. The lowest BCUT2D eigenvalue weighted by Gasteiger charge is -2.11. The summed E-state index contributed by atoms with van der Waals surface area (Å²) in [7, 11) is 0. The van der Waals surface area contributed by atoms with Crippen LogP contribution in [0.3, 0.4) is 0 Å². The number of ether oxygens (including phenoxy) is 1. The topological polar surface area (TPSA) is 75.6 Å². The molecular weight excluding hydrogens is 370 g/mol. The van der Waals surface area contributed by atoms with E-state index in [4.69, 9.17) is 9.84 Å². The number of nitrogens with one attached hydrogen (secondary N) is 1. The number of rotatable bonds is 4. The SMILES string of the molecule is C=CCOC(=O)Nc1c(Br)cc(Br)cc1C(=O)O. The molecule has 0 aromatic heterocycles. The Morgan fingerprint density at radius 3 is 2.67 bits per heavy atom. The van der Waals surface area contributed by atoms with Crippen LogP contribution in [0.25, 0.3) is 0 Å². The predicted octanol–water partition coefficient (Wildman–Crippen LogP) is 3.64. The van der Waals surface area contributed by atoms with E-state index in [1.165, 1.54) is 12.1 Å². The van der Waals surface area contributed by atoms with Crippen molar-refractivity contribution in [3.05, 3.63) is 39.3 Å². The maximum absolute atomic E-state index is 11.4. The highest BCUT2D eigenvalue weighted by Gasteiger charge is 2.17. The molecule has 0 aliphatic carbocycles. The fourth-order valence-electron chi connectivity index (χ4n) is 1.14. The van der Waals surface area contributed by atoms with Gasteiger partial charge in [-0.1, -0.05) is 28.6 Å². The van der Waals surface area contributed by atoms with Gasteiger partial charge in [-0.2, -0.15) is 0 Å². The smallest absolute Gasteiger partial charge is 0.411 e. The van der Waals surface area contributed by atoms with Gasteiger partial charge in [-0.25, -0.2) is 9.59 Å². The zero-order valence-corrected chi connectivity index (χ0v) is 12.2. The van der Waals surface area contributed by atoms with Gasteiger partial charge in [0.1, 0.15) is 6.61 Å². The molecule has 1 amide bonds. The molecule has 0 spiro atoms. The largest absolute Gasteiger partial charge is 0.478 e. The summed E-state index contributed by atoms with van der Waals surface area (Å²) in [5.41, 5.74) is 0.0894. The van der Waals surface area contributed by atoms with Gasteiger partial charge in [-0.3, -0.25) is 5.32 Å². The lowest BCUT2D eigenvalue weighted by atomic mass is 10.2. The van der Waals surface area contributed by atoms with Crippen LogP contribution < -0.4 is 5.32 Å². The minimum Gasteiger partial charge on any atom is -0.478 e. The summed E-state index contributed by atoms with van der Waals surface area (Å²) >= 11 is 6.35. The van der Waals surface area contributed by atoms with E-state index in [0.717, 1.165) is 0 Å². The maximum Gasteiger partial charge on any atom is 0.411 e. The first kappa shape index (κ1) is 14.7. The van der Waals surface area contributed by atoms with Gasteiger partial charge < -0.3 is 9.84 Å². The van der Waals surface area contributed by atoms with E-state index >= 15 is 0 Å². The third kappa shape index (κ3) is 3.85. The number of benzene rings is 1. The molecule has 7 heteroatoms. The van der Waals surface area contributed by atoms with Crippen LogP contribution in [0.2, 0.25) is 0 Å². The number of anilines is 1. The van der Waals surface area contributed by atoms with Crippen LogP contribution in [-0.2, 0) is 4.74 Å². The number of amides is 1. The van der Waals surface area contributed by atoms with E-state index in [-0.39, 0.29) is 17.9 Å². The van der Waals surface area contributed by atoms with Gasteiger partial charge >= 0.3 is 12.1 Å².